The molecule has 0 aliphatic heterocycles. The maximum absolute atomic E-state index is 8.96. The number of rotatable bonds is 0. The van der Waals surface area contributed by atoms with Gasteiger partial charge in [0.2, 0.25) is 0 Å². The smallest absolute Gasteiger partial charge is 0.321 e. The van der Waals surface area contributed by atoms with Crippen molar-refractivity contribution in [2.24, 2.45) is 0 Å². The van der Waals surface area contributed by atoms with Crippen molar-refractivity contribution in [3.63, 3.8) is 0 Å². The number of phenols is 4. The molecule has 0 aliphatic carbocycles. The highest BCUT2D eigenvalue weighted by molar-refractivity contribution is 7.22. The first kappa shape index (κ1) is 16.7. The van der Waals surface area contributed by atoms with E-state index in [9.17, 15) is 0 Å². The first-order chi connectivity index (χ1) is 8.99. The Kier molecular flexibility index (Phi) is 8.58. The van der Waals surface area contributed by atoms with Crippen molar-refractivity contribution in [3.05, 3.63) is 48.5 Å². The lowest BCUT2D eigenvalue weighted by Crippen LogP contribution is -1.61. The molecule has 0 spiro atoms. The Labute approximate surface area is 112 Å². The maximum atomic E-state index is 8.96. The third-order valence-electron chi connectivity index (χ3n) is 1.70. The van der Waals surface area contributed by atoms with Crippen molar-refractivity contribution in [1.82, 2.24) is 0 Å². The van der Waals surface area contributed by atoms with Gasteiger partial charge in [0.25, 0.3) is 0 Å². The van der Waals surface area contributed by atoms with Crippen LogP contribution < -0.4 is 0 Å². The fourth-order valence-corrected chi connectivity index (χ4v) is 0.905. The van der Waals surface area contributed by atoms with Gasteiger partial charge < -0.3 is 20.4 Å². The average Bonchev–Trinajstić information content (AvgIpc) is 2.38. The second-order valence-corrected chi connectivity index (χ2v) is 3.65. The van der Waals surface area contributed by atoms with Crippen LogP contribution in [0.15, 0.2) is 48.5 Å². The van der Waals surface area contributed by atoms with Crippen LogP contribution in [0.25, 0.3) is 0 Å². The van der Waals surface area contributed by atoms with E-state index >= 15 is 0 Å². The Morgan fingerprint density at radius 2 is 0.737 bits per heavy atom. The van der Waals surface area contributed by atoms with Crippen LogP contribution in [-0.4, -0.2) is 27.1 Å². The van der Waals surface area contributed by atoms with E-state index in [0.717, 1.165) is 0 Å². The van der Waals surface area contributed by atoms with Crippen LogP contribution in [-0.2, 0) is 4.57 Å². The van der Waals surface area contributed by atoms with E-state index in [0.29, 0.717) is 0 Å². The zero-order valence-electron chi connectivity index (χ0n) is 10.3. The lowest BCUT2D eigenvalue weighted by Gasteiger charge is -1.88. The third-order valence-corrected chi connectivity index (χ3v) is 1.70. The van der Waals surface area contributed by atoms with Crippen molar-refractivity contribution < 1.29 is 25.0 Å². The van der Waals surface area contributed by atoms with Crippen molar-refractivity contribution >= 4 is 8.46 Å². The minimum atomic E-state index is -0.167. The Morgan fingerprint density at radius 3 is 0.842 bits per heavy atom. The van der Waals surface area contributed by atoms with Gasteiger partial charge in [0.15, 0.2) is 0 Å². The van der Waals surface area contributed by atoms with Crippen LogP contribution in [0, 0.1) is 0 Å². The summed E-state index contributed by atoms with van der Waals surface area (Å²) in [5, 5.41) is 34.6. The highest BCUT2D eigenvalue weighted by Gasteiger charge is 1.84. The normalized spacial score (nSPS) is 8.68. The molecule has 5 nitrogen and oxygen atoms in total. The molecule has 1 unspecified atom stereocenters. The Hall–Kier alpha value is -2.26. The summed E-state index contributed by atoms with van der Waals surface area (Å²) < 4.78 is 8.96. The molecule has 0 fully saturated rings. The zero-order chi connectivity index (χ0) is 14.7. The molecule has 0 saturated carbocycles. The molecule has 6 heteroatoms. The summed E-state index contributed by atoms with van der Waals surface area (Å²) >= 11 is 0. The van der Waals surface area contributed by atoms with Crippen molar-refractivity contribution in [3.8, 4) is 23.0 Å². The molecule has 1 atom stereocenters. The maximum Gasteiger partial charge on any atom is 0.321 e. The topological polar surface area (TPSA) is 98.0 Å². The van der Waals surface area contributed by atoms with E-state index < -0.39 is 0 Å². The molecule has 0 saturated heterocycles. The Morgan fingerprint density at radius 1 is 0.632 bits per heavy atom. The SMILES string of the molecule is C[PH+]=O.Oc1ccc(O)cc1.Oc1ccc(O)cc1. The molecule has 0 radical (unpaired) electrons. The average molecular weight is 283 g/mol. The van der Waals surface area contributed by atoms with E-state index in [-0.39, 0.29) is 31.5 Å². The summed E-state index contributed by atoms with van der Waals surface area (Å²) in [6, 6.07) is 11.4. The molecule has 0 aromatic heterocycles. The van der Waals surface area contributed by atoms with E-state index in [1.165, 1.54) is 48.5 Å². The van der Waals surface area contributed by atoms with Crippen LogP contribution in [0.5, 0.6) is 23.0 Å². The molecule has 2 aromatic carbocycles. The molecular weight excluding hydrogens is 267 g/mol. The van der Waals surface area contributed by atoms with Gasteiger partial charge in [-0.05, 0) is 48.5 Å². The summed E-state index contributed by atoms with van der Waals surface area (Å²) in [6.07, 6.45) is 0. The molecule has 0 amide bonds. The fourth-order valence-electron chi connectivity index (χ4n) is 0.905. The molecule has 102 valence electrons. The first-order valence-electron chi connectivity index (χ1n) is 5.24. The number of aromatic hydroxyl groups is 4. The number of benzene rings is 2. The van der Waals surface area contributed by atoms with E-state index in [1.54, 1.807) is 6.66 Å². The van der Waals surface area contributed by atoms with Gasteiger partial charge in [-0.25, -0.2) is 0 Å². The minimum absolute atomic E-state index is 0.167. The highest BCUT2D eigenvalue weighted by Crippen LogP contribution is 2.13. The molecule has 0 heterocycles. The molecule has 2 rings (SSSR count). The van der Waals surface area contributed by atoms with Crippen molar-refractivity contribution in [1.29, 1.82) is 0 Å². The quantitative estimate of drug-likeness (QED) is 0.440. The first-order valence-corrected chi connectivity index (χ1v) is 6.65. The summed E-state index contributed by atoms with van der Waals surface area (Å²) in [4.78, 5) is 0. The fraction of sp³-hybridized carbons (Fsp3) is 0.0769. The van der Waals surface area contributed by atoms with Gasteiger partial charge in [-0.15, -0.1) is 0 Å². The standard InChI is InChI=1S/2C6H6O2.CH3OP/c2*7-5-1-2-6(8)4-3-5;1-3-2/h2*1-4,7-8H;1H3/p+1. The van der Waals surface area contributed by atoms with E-state index in [4.69, 9.17) is 25.0 Å². The van der Waals surface area contributed by atoms with Crippen LogP contribution in [0.2, 0.25) is 0 Å². The second-order valence-electron chi connectivity index (χ2n) is 3.24. The summed E-state index contributed by atoms with van der Waals surface area (Å²) in [5.74, 6) is 0.677. The third kappa shape index (κ3) is 9.44. The van der Waals surface area contributed by atoms with Crippen LogP contribution >= 0.6 is 8.46 Å². The number of hydrogen-bond donors (Lipinski definition) is 4. The van der Waals surface area contributed by atoms with Crippen molar-refractivity contribution in [2.45, 2.75) is 0 Å². The molecule has 19 heavy (non-hydrogen) atoms. The summed E-state index contributed by atoms with van der Waals surface area (Å²) in [7, 11) is -0.167. The van der Waals surface area contributed by atoms with Crippen molar-refractivity contribution in [2.75, 3.05) is 6.66 Å². The Bertz CT molecular complexity index is 382. The van der Waals surface area contributed by atoms with E-state index in [1.807, 2.05) is 0 Å². The predicted octanol–water partition coefficient (Wildman–Crippen LogP) is 2.84. The zero-order valence-corrected chi connectivity index (χ0v) is 11.3. The van der Waals surface area contributed by atoms with Gasteiger partial charge in [-0.2, -0.15) is 0 Å². The monoisotopic (exact) mass is 283 g/mol. The molecule has 4 N–H and O–H groups in total. The van der Waals surface area contributed by atoms with Gasteiger partial charge in [0.1, 0.15) is 29.7 Å². The molecule has 0 bridgehead atoms. The second kappa shape index (κ2) is 9.74. The van der Waals surface area contributed by atoms with Crippen LogP contribution in [0.4, 0.5) is 0 Å². The van der Waals surface area contributed by atoms with Gasteiger partial charge in [0, 0.05) is 0 Å². The summed E-state index contributed by atoms with van der Waals surface area (Å²) in [5.41, 5.74) is 0. The Balaban J connectivity index is 0.000000284. The van der Waals surface area contributed by atoms with Gasteiger partial charge in [-0.3, -0.25) is 0 Å². The van der Waals surface area contributed by atoms with Gasteiger partial charge in [0.05, 0.1) is 0 Å². The van der Waals surface area contributed by atoms with E-state index in [2.05, 4.69) is 0 Å². The lowest BCUT2D eigenvalue weighted by atomic mass is 10.3. The minimum Gasteiger partial charge on any atom is -0.508 e. The van der Waals surface area contributed by atoms with Crippen LogP contribution in [0.1, 0.15) is 0 Å². The van der Waals surface area contributed by atoms with Crippen LogP contribution in [0.3, 0.4) is 0 Å². The molecule has 2 aromatic rings. The van der Waals surface area contributed by atoms with Gasteiger partial charge >= 0.3 is 8.46 Å². The highest BCUT2D eigenvalue weighted by atomic mass is 31.1. The predicted molar refractivity (Wildman–Crippen MR) is 74.5 cm³/mol. The number of hydrogen-bond acceptors (Lipinski definition) is 5. The lowest BCUT2D eigenvalue weighted by molar-refractivity contribution is 0.460. The number of phenolic OH excluding ortho intramolecular Hbond substituents is 4. The van der Waals surface area contributed by atoms with Gasteiger partial charge in [-0.1, -0.05) is 4.57 Å². The summed E-state index contributed by atoms with van der Waals surface area (Å²) in [6.45, 7) is 1.60. The largest absolute Gasteiger partial charge is 0.508 e. The molecular formula is C13H16O5P+. The molecule has 0 aliphatic rings.